The molecule has 2 aromatic rings. The van der Waals surface area contributed by atoms with E-state index in [1.807, 2.05) is 13.1 Å². The summed E-state index contributed by atoms with van der Waals surface area (Å²) in [5.74, 6) is 0.824. The third kappa shape index (κ3) is 5.08. The molecule has 2 unspecified atom stereocenters. The zero-order chi connectivity index (χ0) is 16.7. The first-order valence-corrected chi connectivity index (χ1v) is 8.71. The van der Waals surface area contributed by atoms with Gasteiger partial charge in [-0.1, -0.05) is 36.4 Å². The summed E-state index contributed by atoms with van der Waals surface area (Å²) in [6.07, 6.45) is 0. The van der Waals surface area contributed by atoms with E-state index in [0.29, 0.717) is 6.04 Å². The number of aliphatic imine (C=N–C) groups is 1. The molecule has 5 heteroatoms. The first kappa shape index (κ1) is 17.5. The lowest BCUT2D eigenvalue weighted by Crippen LogP contribution is -2.42. The van der Waals surface area contributed by atoms with Crippen molar-refractivity contribution in [1.29, 1.82) is 0 Å². The number of rotatable bonds is 6. The van der Waals surface area contributed by atoms with Crippen molar-refractivity contribution in [3.8, 4) is 0 Å². The van der Waals surface area contributed by atoms with Gasteiger partial charge in [0.1, 0.15) is 0 Å². The highest BCUT2D eigenvalue weighted by Crippen LogP contribution is 2.22. The topological polar surface area (TPSA) is 39.7 Å². The zero-order valence-corrected chi connectivity index (χ0v) is 15.1. The van der Waals surface area contributed by atoms with Crippen molar-refractivity contribution in [2.75, 3.05) is 27.7 Å². The van der Waals surface area contributed by atoms with Crippen molar-refractivity contribution in [2.45, 2.75) is 19.0 Å². The maximum absolute atomic E-state index is 4.35. The van der Waals surface area contributed by atoms with Crippen molar-refractivity contribution < 1.29 is 0 Å². The molecule has 124 valence electrons. The van der Waals surface area contributed by atoms with Gasteiger partial charge in [0.05, 0.1) is 12.1 Å². The average molecular weight is 331 g/mol. The number of thiophene rings is 1. The second-order valence-electron chi connectivity index (χ2n) is 5.72. The number of hydrogen-bond acceptors (Lipinski definition) is 3. The lowest BCUT2D eigenvalue weighted by Gasteiger charge is -2.25. The van der Waals surface area contributed by atoms with E-state index in [1.165, 1.54) is 10.4 Å². The van der Waals surface area contributed by atoms with Gasteiger partial charge in [-0.25, -0.2) is 0 Å². The first-order chi connectivity index (χ1) is 11.1. The van der Waals surface area contributed by atoms with Gasteiger partial charge in [0.2, 0.25) is 0 Å². The molecular weight excluding hydrogens is 304 g/mol. The van der Waals surface area contributed by atoms with Crippen molar-refractivity contribution >= 4 is 17.3 Å². The molecule has 0 saturated heterocycles. The summed E-state index contributed by atoms with van der Waals surface area (Å²) in [6, 6.07) is 15.2. The third-order valence-corrected chi connectivity index (χ3v) is 4.81. The SMILES string of the molecule is CN=C(NCC(c1cccs1)N(C)C)NC(C)c1ccccc1. The fraction of sp³-hybridized carbons (Fsp3) is 0.389. The van der Waals surface area contributed by atoms with Crippen LogP contribution >= 0.6 is 11.3 Å². The van der Waals surface area contributed by atoms with Crippen LogP contribution < -0.4 is 10.6 Å². The Bertz CT molecular complexity index is 593. The highest BCUT2D eigenvalue weighted by molar-refractivity contribution is 7.10. The molecule has 2 atom stereocenters. The predicted molar refractivity (Wildman–Crippen MR) is 100 cm³/mol. The summed E-state index contributed by atoms with van der Waals surface area (Å²) < 4.78 is 0. The molecule has 0 spiro atoms. The van der Waals surface area contributed by atoms with Gasteiger partial charge in [0.25, 0.3) is 0 Å². The molecule has 0 fully saturated rings. The molecule has 1 aromatic carbocycles. The smallest absolute Gasteiger partial charge is 0.191 e. The minimum absolute atomic E-state index is 0.210. The summed E-state index contributed by atoms with van der Waals surface area (Å²) in [5, 5.41) is 9.01. The van der Waals surface area contributed by atoms with E-state index in [9.17, 15) is 0 Å². The van der Waals surface area contributed by atoms with Crippen LogP contribution in [-0.4, -0.2) is 38.5 Å². The summed E-state index contributed by atoms with van der Waals surface area (Å²) >= 11 is 1.79. The Hall–Kier alpha value is -1.85. The Morgan fingerprint density at radius 3 is 2.48 bits per heavy atom. The number of likely N-dealkylation sites (N-methyl/N-ethyl adjacent to an activating group) is 1. The molecule has 0 aliphatic heterocycles. The van der Waals surface area contributed by atoms with E-state index in [1.54, 1.807) is 11.3 Å². The monoisotopic (exact) mass is 330 g/mol. The Balaban J connectivity index is 1.94. The number of guanidine groups is 1. The molecule has 23 heavy (non-hydrogen) atoms. The van der Waals surface area contributed by atoms with Crippen LogP contribution in [-0.2, 0) is 0 Å². The quantitative estimate of drug-likeness (QED) is 0.631. The minimum Gasteiger partial charge on any atom is -0.354 e. The Morgan fingerprint density at radius 1 is 1.17 bits per heavy atom. The lowest BCUT2D eigenvalue weighted by molar-refractivity contribution is 0.302. The summed E-state index contributed by atoms with van der Waals surface area (Å²) in [6.45, 7) is 2.96. The lowest BCUT2D eigenvalue weighted by atomic mass is 10.1. The predicted octanol–water partition coefficient (Wildman–Crippen LogP) is 3.28. The molecule has 1 aromatic heterocycles. The van der Waals surface area contributed by atoms with Gasteiger partial charge in [-0.15, -0.1) is 11.3 Å². The summed E-state index contributed by atoms with van der Waals surface area (Å²) in [4.78, 5) is 7.93. The van der Waals surface area contributed by atoms with E-state index in [0.717, 1.165) is 12.5 Å². The maximum Gasteiger partial charge on any atom is 0.191 e. The van der Waals surface area contributed by atoms with Crippen molar-refractivity contribution in [1.82, 2.24) is 15.5 Å². The Morgan fingerprint density at radius 2 is 1.91 bits per heavy atom. The average Bonchev–Trinajstić information content (AvgIpc) is 3.08. The molecule has 0 saturated carbocycles. The third-order valence-electron chi connectivity index (χ3n) is 3.83. The highest BCUT2D eigenvalue weighted by Gasteiger charge is 2.16. The van der Waals surface area contributed by atoms with Crippen LogP contribution in [0, 0.1) is 0 Å². The van der Waals surface area contributed by atoms with Crippen LogP contribution in [0.3, 0.4) is 0 Å². The fourth-order valence-corrected chi connectivity index (χ4v) is 3.36. The molecule has 2 rings (SSSR count). The largest absolute Gasteiger partial charge is 0.354 e. The van der Waals surface area contributed by atoms with Crippen LogP contribution in [0.1, 0.15) is 29.4 Å². The molecule has 4 nitrogen and oxygen atoms in total. The van der Waals surface area contributed by atoms with Crippen LogP contribution in [0.15, 0.2) is 52.8 Å². The second kappa shape index (κ2) is 8.70. The van der Waals surface area contributed by atoms with Gasteiger partial charge in [-0.05, 0) is 38.0 Å². The normalized spacial score (nSPS) is 14.6. The van der Waals surface area contributed by atoms with Crippen molar-refractivity contribution in [3.05, 3.63) is 58.3 Å². The van der Waals surface area contributed by atoms with Crippen LogP contribution in [0.25, 0.3) is 0 Å². The standard InChI is InChI=1S/C18H26N4S/c1-14(15-9-6-5-7-10-15)21-18(19-2)20-13-16(22(3)4)17-11-8-12-23-17/h5-12,14,16H,13H2,1-4H3,(H2,19,20,21). The van der Waals surface area contributed by atoms with Crippen molar-refractivity contribution in [3.63, 3.8) is 0 Å². The molecule has 0 aliphatic carbocycles. The number of hydrogen-bond donors (Lipinski definition) is 2. The molecule has 0 radical (unpaired) electrons. The molecule has 0 amide bonds. The van der Waals surface area contributed by atoms with Gasteiger partial charge in [0, 0.05) is 18.5 Å². The van der Waals surface area contributed by atoms with Gasteiger partial charge in [-0.2, -0.15) is 0 Å². The van der Waals surface area contributed by atoms with Gasteiger partial charge < -0.3 is 15.5 Å². The van der Waals surface area contributed by atoms with Gasteiger partial charge in [-0.3, -0.25) is 4.99 Å². The molecule has 1 heterocycles. The van der Waals surface area contributed by atoms with Gasteiger partial charge >= 0.3 is 0 Å². The highest BCUT2D eigenvalue weighted by atomic mass is 32.1. The molecule has 0 bridgehead atoms. The molecule has 0 aliphatic rings. The summed E-state index contributed by atoms with van der Waals surface area (Å²) in [7, 11) is 6.02. The van der Waals surface area contributed by atoms with Crippen molar-refractivity contribution in [2.24, 2.45) is 4.99 Å². The number of nitrogens with one attached hydrogen (secondary N) is 2. The second-order valence-corrected chi connectivity index (χ2v) is 6.70. The molecule has 2 N–H and O–H groups in total. The van der Waals surface area contributed by atoms with Crippen LogP contribution in [0.2, 0.25) is 0 Å². The molecular formula is C18H26N4S. The fourth-order valence-electron chi connectivity index (χ4n) is 2.44. The maximum atomic E-state index is 4.35. The minimum atomic E-state index is 0.210. The Kier molecular flexibility index (Phi) is 6.62. The van der Waals surface area contributed by atoms with E-state index >= 15 is 0 Å². The summed E-state index contributed by atoms with van der Waals surface area (Å²) in [5.41, 5.74) is 1.25. The van der Waals surface area contributed by atoms with E-state index in [2.05, 4.69) is 83.3 Å². The zero-order valence-electron chi connectivity index (χ0n) is 14.3. The van der Waals surface area contributed by atoms with E-state index < -0.39 is 0 Å². The number of nitrogens with zero attached hydrogens (tertiary/aromatic N) is 2. The van der Waals surface area contributed by atoms with Crippen LogP contribution in [0.5, 0.6) is 0 Å². The number of benzene rings is 1. The first-order valence-electron chi connectivity index (χ1n) is 7.83. The van der Waals surface area contributed by atoms with E-state index in [-0.39, 0.29) is 6.04 Å². The van der Waals surface area contributed by atoms with Gasteiger partial charge in [0.15, 0.2) is 5.96 Å². The Labute approximate surface area is 143 Å². The van der Waals surface area contributed by atoms with E-state index in [4.69, 9.17) is 0 Å². The van der Waals surface area contributed by atoms with Crippen LogP contribution in [0.4, 0.5) is 0 Å².